The van der Waals surface area contributed by atoms with Crippen molar-refractivity contribution in [2.24, 2.45) is 7.05 Å². The number of halogens is 1. The molecule has 0 unspecified atom stereocenters. The predicted molar refractivity (Wildman–Crippen MR) is 68.3 cm³/mol. The summed E-state index contributed by atoms with van der Waals surface area (Å²) in [6.45, 7) is 0. The number of benzene rings is 1. The summed E-state index contributed by atoms with van der Waals surface area (Å²) in [5.74, 6) is 0.278. The fourth-order valence-electron chi connectivity index (χ4n) is 1.99. The van der Waals surface area contributed by atoms with Gasteiger partial charge in [0.05, 0.1) is 5.52 Å². The van der Waals surface area contributed by atoms with Crippen LogP contribution in [0.2, 0.25) is 0 Å². The van der Waals surface area contributed by atoms with Crippen LogP contribution in [0.5, 0.6) is 0 Å². The van der Waals surface area contributed by atoms with E-state index in [9.17, 15) is 4.39 Å². The third-order valence-electron chi connectivity index (χ3n) is 2.91. The Hall–Kier alpha value is -2.43. The fraction of sp³-hybridized carbons (Fsp3) is 0.0769. The maximum Gasteiger partial charge on any atom is 0.178 e. The molecule has 2 N–H and O–H groups in total. The predicted octanol–water partition coefficient (Wildman–Crippen LogP) is 2.36. The van der Waals surface area contributed by atoms with Crippen LogP contribution in [0.15, 0.2) is 36.5 Å². The summed E-state index contributed by atoms with van der Waals surface area (Å²) in [5, 5.41) is 0. The molecule has 1 aromatic carbocycles. The van der Waals surface area contributed by atoms with Gasteiger partial charge in [-0.1, -0.05) is 0 Å². The van der Waals surface area contributed by atoms with Gasteiger partial charge in [-0.25, -0.2) is 14.4 Å². The van der Waals surface area contributed by atoms with Crippen LogP contribution in [-0.2, 0) is 7.05 Å². The zero-order valence-corrected chi connectivity index (χ0v) is 9.76. The second-order valence-electron chi connectivity index (χ2n) is 4.07. The molecule has 0 spiro atoms. The molecule has 0 fully saturated rings. The Labute approximate surface area is 103 Å². The number of pyridine rings is 1. The van der Waals surface area contributed by atoms with Crippen LogP contribution in [0, 0.1) is 5.82 Å². The third kappa shape index (κ3) is 1.52. The van der Waals surface area contributed by atoms with Crippen molar-refractivity contribution in [1.82, 2.24) is 14.5 Å². The molecule has 18 heavy (non-hydrogen) atoms. The number of nitrogens with two attached hydrogens (primary N) is 1. The summed E-state index contributed by atoms with van der Waals surface area (Å²) in [6, 6.07) is 8.00. The van der Waals surface area contributed by atoms with Gasteiger partial charge in [0.15, 0.2) is 5.65 Å². The van der Waals surface area contributed by atoms with E-state index < -0.39 is 0 Å². The average Bonchev–Trinajstić information content (AvgIpc) is 2.71. The van der Waals surface area contributed by atoms with Crippen LogP contribution in [0.1, 0.15) is 0 Å². The van der Waals surface area contributed by atoms with Crippen molar-refractivity contribution in [2.75, 3.05) is 5.73 Å². The Kier molecular flexibility index (Phi) is 2.26. The van der Waals surface area contributed by atoms with E-state index in [0.29, 0.717) is 22.7 Å². The van der Waals surface area contributed by atoms with E-state index >= 15 is 0 Å². The highest BCUT2D eigenvalue weighted by Crippen LogP contribution is 2.27. The molecule has 0 saturated heterocycles. The minimum atomic E-state index is -0.334. The molecule has 4 nitrogen and oxygen atoms in total. The molecular formula is C13H11FN4. The lowest BCUT2D eigenvalue weighted by atomic mass is 10.1. The average molecular weight is 242 g/mol. The van der Waals surface area contributed by atoms with Crippen molar-refractivity contribution in [1.29, 1.82) is 0 Å². The minimum Gasteiger partial charge on any atom is -0.398 e. The topological polar surface area (TPSA) is 56.7 Å². The molecule has 0 amide bonds. The Morgan fingerprint density at radius 2 is 2.11 bits per heavy atom. The smallest absolute Gasteiger partial charge is 0.178 e. The molecule has 0 aliphatic carbocycles. The molecular weight excluding hydrogens is 231 g/mol. The Balaban J connectivity index is 2.31. The number of nitrogen functional groups attached to an aromatic ring is 1. The Morgan fingerprint density at radius 3 is 2.89 bits per heavy atom. The SMILES string of the molecule is Cn1c(-c2cc(F)ccc2N)nc2ncccc21. The van der Waals surface area contributed by atoms with E-state index in [4.69, 9.17) is 5.73 Å². The first-order chi connectivity index (χ1) is 8.66. The van der Waals surface area contributed by atoms with Crippen molar-refractivity contribution in [3.8, 4) is 11.4 Å². The van der Waals surface area contributed by atoms with Crippen molar-refractivity contribution in [2.45, 2.75) is 0 Å². The number of fused-ring (bicyclic) bond motifs is 1. The van der Waals surface area contributed by atoms with Gasteiger partial charge < -0.3 is 10.3 Å². The van der Waals surface area contributed by atoms with Crippen LogP contribution in [0.3, 0.4) is 0 Å². The summed E-state index contributed by atoms with van der Waals surface area (Å²) in [6.07, 6.45) is 1.67. The van der Waals surface area contributed by atoms with Gasteiger partial charge in [0.1, 0.15) is 11.6 Å². The van der Waals surface area contributed by atoms with E-state index in [1.807, 2.05) is 23.7 Å². The van der Waals surface area contributed by atoms with E-state index in [-0.39, 0.29) is 5.82 Å². The minimum absolute atomic E-state index is 0.334. The molecule has 3 rings (SSSR count). The van der Waals surface area contributed by atoms with Crippen molar-refractivity contribution in [3.05, 3.63) is 42.3 Å². The number of hydrogen-bond donors (Lipinski definition) is 1. The van der Waals surface area contributed by atoms with E-state index in [1.165, 1.54) is 18.2 Å². The number of nitrogens with zero attached hydrogens (tertiary/aromatic N) is 3. The number of anilines is 1. The monoisotopic (exact) mass is 242 g/mol. The molecule has 5 heteroatoms. The van der Waals surface area contributed by atoms with Crippen LogP contribution in [-0.4, -0.2) is 14.5 Å². The normalized spacial score (nSPS) is 11.0. The first-order valence-electron chi connectivity index (χ1n) is 5.49. The van der Waals surface area contributed by atoms with Gasteiger partial charge in [0.2, 0.25) is 0 Å². The van der Waals surface area contributed by atoms with Gasteiger partial charge >= 0.3 is 0 Å². The lowest BCUT2D eigenvalue weighted by Gasteiger charge is -2.05. The van der Waals surface area contributed by atoms with Gasteiger partial charge in [-0.3, -0.25) is 0 Å². The van der Waals surface area contributed by atoms with Crippen molar-refractivity contribution < 1.29 is 4.39 Å². The number of aromatic nitrogens is 3. The second-order valence-corrected chi connectivity index (χ2v) is 4.07. The second kappa shape index (κ2) is 3.80. The molecule has 0 radical (unpaired) electrons. The van der Waals surface area contributed by atoms with Crippen LogP contribution < -0.4 is 5.73 Å². The Morgan fingerprint density at radius 1 is 1.28 bits per heavy atom. The molecule has 90 valence electrons. The van der Waals surface area contributed by atoms with E-state index in [2.05, 4.69) is 9.97 Å². The maximum atomic E-state index is 13.3. The number of imidazole rings is 1. The summed E-state index contributed by atoms with van der Waals surface area (Å²) >= 11 is 0. The van der Waals surface area contributed by atoms with Gasteiger partial charge in [0.25, 0.3) is 0 Å². The summed E-state index contributed by atoms with van der Waals surface area (Å²) < 4.78 is 15.2. The molecule has 3 aromatic rings. The zero-order valence-electron chi connectivity index (χ0n) is 9.76. The van der Waals surface area contributed by atoms with E-state index in [0.717, 1.165) is 5.52 Å². The largest absolute Gasteiger partial charge is 0.398 e. The van der Waals surface area contributed by atoms with Gasteiger partial charge in [0, 0.05) is 24.5 Å². The number of rotatable bonds is 1. The molecule has 0 bridgehead atoms. The molecule has 2 heterocycles. The van der Waals surface area contributed by atoms with Gasteiger partial charge in [-0.05, 0) is 30.3 Å². The fourth-order valence-corrected chi connectivity index (χ4v) is 1.99. The van der Waals surface area contributed by atoms with Gasteiger partial charge in [-0.2, -0.15) is 0 Å². The Bertz CT molecular complexity index is 733. The van der Waals surface area contributed by atoms with Crippen LogP contribution in [0.25, 0.3) is 22.6 Å². The summed E-state index contributed by atoms with van der Waals surface area (Å²) in [4.78, 5) is 8.56. The highest BCUT2D eigenvalue weighted by atomic mass is 19.1. The summed E-state index contributed by atoms with van der Waals surface area (Å²) in [7, 11) is 1.86. The van der Waals surface area contributed by atoms with Gasteiger partial charge in [-0.15, -0.1) is 0 Å². The van der Waals surface area contributed by atoms with E-state index in [1.54, 1.807) is 6.20 Å². The summed E-state index contributed by atoms with van der Waals surface area (Å²) in [5.41, 5.74) is 8.46. The highest BCUT2D eigenvalue weighted by molar-refractivity contribution is 5.81. The van der Waals surface area contributed by atoms with Crippen molar-refractivity contribution in [3.63, 3.8) is 0 Å². The lowest BCUT2D eigenvalue weighted by molar-refractivity contribution is 0.628. The molecule has 0 saturated carbocycles. The lowest BCUT2D eigenvalue weighted by Crippen LogP contribution is -1.97. The first kappa shape index (κ1) is 10.7. The zero-order chi connectivity index (χ0) is 12.7. The molecule has 2 aromatic heterocycles. The number of aryl methyl sites for hydroxylation is 1. The first-order valence-corrected chi connectivity index (χ1v) is 5.49. The quantitative estimate of drug-likeness (QED) is 0.666. The highest BCUT2D eigenvalue weighted by Gasteiger charge is 2.13. The molecule has 0 atom stereocenters. The standard InChI is InChI=1S/C13H11FN4/c1-18-11-3-2-6-16-12(11)17-13(18)9-7-8(14)4-5-10(9)15/h2-7H,15H2,1H3. The van der Waals surface area contributed by atoms with Crippen LogP contribution >= 0.6 is 0 Å². The molecule has 0 aliphatic rings. The van der Waals surface area contributed by atoms with Crippen molar-refractivity contribution >= 4 is 16.9 Å². The number of hydrogen-bond acceptors (Lipinski definition) is 3. The maximum absolute atomic E-state index is 13.3. The molecule has 0 aliphatic heterocycles. The van der Waals surface area contributed by atoms with Crippen LogP contribution in [0.4, 0.5) is 10.1 Å². The third-order valence-corrected chi connectivity index (χ3v) is 2.91.